The van der Waals surface area contributed by atoms with Crippen molar-refractivity contribution in [1.29, 1.82) is 0 Å². The summed E-state index contributed by atoms with van der Waals surface area (Å²) in [5.41, 5.74) is 2.07. The number of anilines is 2. The van der Waals surface area contributed by atoms with E-state index in [0.29, 0.717) is 18.3 Å². The van der Waals surface area contributed by atoms with Crippen molar-refractivity contribution in [2.24, 2.45) is 5.92 Å². The number of nitrogens with zero attached hydrogens (tertiary/aromatic N) is 2. The minimum Gasteiger partial charge on any atom is -0.496 e. The first kappa shape index (κ1) is 18.7. The second-order valence-electron chi connectivity index (χ2n) is 6.77. The first-order valence-corrected chi connectivity index (χ1v) is 9.20. The number of nitrogens with one attached hydrogen (secondary N) is 2. The van der Waals surface area contributed by atoms with Gasteiger partial charge in [0.1, 0.15) is 17.4 Å². The summed E-state index contributed by atoms with van der Waals surface area (Å²) in [5.74, 6) is 3.69. The molecule has 5 nitrogen and oxygen atoms in total. The van der Waals surface area contributed by atoms with Gasteiger partial charge in [-0.3, -0.25) is 0 Å². The van der Waals surface area contributed by atoms with Gasteiger partial charge in [0.05, 0.1) is 7.11 Å². The van der Waals surface area contributed by atoms with E-state index in [4.69, 9.17) is 9.72 Å². The van der Waals surface area contributed by atoms with Crippen molar-refractivity contribution < 1.29 is 4.74 Å². The molecule has 5 heteroatoms. The van der Waals surface area contributed by atoms with E-state index < -0.39 is 0 Å². The SMILES string of the molecule is COc1ccccc1CNc1cc(NCC(C)C)nc(-c2ccccc2)n1. The van der Waals surface area contributed by atoms with Crippen molar-refractivity contribution in [1.82, 2.24) is 9.97 Å². The lowest BCUT2D eigenvalue weighted by molar-refractivity contribution is 0.410. The molecular weight excluding hydrogens is 336 g/mol. The van der Waals surface area contributed by atoms with Gasteiger partial charge in [-0.2, -0.15) is 0 Å². The minimum absolute atomic E-state index is 0.533. The average molecular weight is 362 g/mol. The number of aromatic nitrogens is 2. The number of hydrogen-bond donors (Lipinski definition) is 2. The largest absolute Gasteiger partial charge is 0.496 e. The fraction of sp³-hybridized carbons (Fsp3) is 0.273. The summed E-state index contributed by atoms with van der Waals surface area (Å²) in [6, 6.07) is 19.9. The Morgan fingerprint density at radius 1 is 0.889 bits per heavy atom. The molecular formula is C22H26N4O. The second kappa shape index (κ2) is 9.03. The molecule has 1 heterocycles. The van der Waals surface area contributed by atoms with Gasteiger partial charge in [-0.15, -0.1) is 0 Å². The fourth-order valence-electron chi connectivity index (χ4n) is 2.69. The zero-order chi connectivity index (χ0) is 19.1. The monoisotopic (exact) mass is 362 g/mol. The van der Waals surface area contributed by atoms with Gasteiger partial charge >= 0.3 is 0 Å². The van der Waals surface area contributed by atoms with E-state index in [0.717, 1.165) is 35.1 Å². The van der Waals surface area contributed by atoms with Crippen LogP contribution >= 0.6 is 0 Å². The van der Waals surface area contributed by atoms with Gasteiger partial charge in [0.25, 0.3) is 0 Å². The zero-order valence-corrected chi connectivity index (χ0v) is 16.1. The first-order chi connectivity index (χ1) is 13.2. The van der Waals surface area contributed by atoms with Crippen LogP contribution < -0.4 is 15.4 Å². The quantitative estimate of drug-likeness (QED) is 0.601. The van der Waals surface area contributed by atoms with Crippen LogP contribution in [-0.2, 0) is 6.54 Å². The van der Waals surface area contributed by atoms with Gasteiger partial charge in [-0.05, 0) is 12.0 Å². The lowest BCUT2D eigenvalue weighted by atomic mass is 10.2. The van der Waals surface area contributed by atoms with Crippen LogP contribution in [0.1, 0.15) is 19.4 Å². The van der Waals surface area contributed by atoms with Crippen LogP contribution in [0.15, 0.2) is 60.7 Å². The van der Waals surface area contributed by atoms with E-state index in [2.05, 4.69) is 29.5 Å². The number of hydrogen-bond acceptors (Lipinski definition) is 5. The van der Waals surface area contributed by atoms with Crippen LogP contribution in [0.2, 0.25) is 0 Å². The summed E-state index contributed by atoms with van der Waals surface area (Å²) in [5, 5.41) is 6.80. The summed E-state index contributed by atoms with van der Waals surface area (Å²) in [4.78, 5) is 9.38. The van der Waals surface area contributed by atoms with Crippen molar-refractivity contribution in [3.8, 4) is 17.1 Å². The molecule has 0 unspecified atom stereocenters. The number of para-hydroxylation sites is 1. The molecule has 0 atom stereocenters. The highest BCUT2D eigenvalue weighted by Crippen LogP contribution is 2.22. The van der Waals surface area contributed by atoms with Crippen molar-refractivity contribution >= 4 is 11.6 Å². The van der Waals surface area contributed by atoms with Crippen molar-refractivity contribution in [2.75, 3.05) is 24.3 Å². The Labute approximate surface area is 160 Å². The highest BCUT2D eigenvalue weighted by atomic mass is 16.5. The molecule has 0 amide bonds. The molecule has 27 heavy (non-hydrogen) atoms. The van der Waals surface area contributed by atoms with E-state index in [1.807, 2.05) is 60.7 Å². The number of methoxy groups -OCH3 is 1. The predicted molar refractivity (Wildman–Crippen MR) is 111 cm³/mol. The molecule has 0 saturated heterocycles. The Morgan fingerprint density at radius 3 is 2.26 bits per heavy atom. The van der Waals surface area contributed by atoms with Crippen LogP contribution in [-0.4, -0.2) is 23.6 Å². The summed E-state index contributed by atoms with van der Waals surface area (Å²) in [7, 11) is 1.69. The molecule has 0 aliphatic heterocycles. The Hall–Kier alpha value is -3.08. The van der Waals surface area contributed by atoms with E-state index in [1.54, 1.807) is 7.11 Å². The Bertz CT molecular complexity index is 865. The summed E-state index contributed by atoms with van der Waals surface area (Å²) in [6.07, 6.45) is 0. The number of ether oxygens (including phenoxy) is 1. The molecule has 3 rings (SSSR count). The molecule has 0 fully saturated rings. The van der Waals surface area contributed by atoms with E-state index in [9.17, 15) is 0 Å². The molecule has 3 aromatic rings. The minimum atomic E-state index is 0.533. The number of benzene rings is 2. The number of rotatable bonds is 8. The summed E-state index contributed by atoms with van der Waals surface area (Å²) < 4.78 is 5.43. The Morgan fingerprint density at radius 2 is 1.56 bits per heavy atom. The van der Waals surface area contributed by atoms with Crippen molar-refractivity contribution in [3.05, 3.63) is 66.2 Å². The molecule has 0 spiro atoms. The van der Waals surface area contributed by atoms with E-state index in [1.165, 1.54) is 0 Å². The summed E-state index contributed by atoms with van der Waals surface area (Å²) in [6.45, 7) is 5.83. The van der Waals surface area contributed by atoms with E-state index >= 15 is 0 Å². The van der Waals surface area contributed by atoms with Crippen LogP contribution in [0.25, 0.3) is 11.4 Å². The molecule has 2 aromatic carbocycles. The van der Waals surface area contributed by atoms with Crippen LogP contribution in [0.3, 0.4) is 0 Å². The van der Waals surface area contributed by atoms with Gasteiger partial charge in [0.15, 0.2) is 5.82 Å². The first-order valence-electron chi connectivity index (χ1n) is 9.20. The van der Waals surface area contributed by atoms with Crippen LogP contribution in [0.5, 0.6) is 5.75 Å². The molecule has 1 aromatic heterocycles. The topological polar surface area (TPSA) is 59.1 Å². The van der Waals surface area contributed by atoms with Gasteiger partial charge in [-0.25, -0.2) is 9.97 Å². The maximum Gasteiger partial charge on any atom is 0.163 e. The van der Waals surface area contributed by atoms with Gasteiger partial charge in [0, 0.05) is 30.3 Å². The molecule has 140 valence electrons. The summed E-state index contributed by atoms with van der Waals surface area (Å²) >= 11 is 0. The third-order valence-corrected chi connectivity index (χ3v) is 4.10. The Balaban J connectivity index is 1.85. The van der Waals surface area contributed by atoms with Crippen LogP contribution in [0.4, 0.5) is 11.6 Å². The third kappa shape index (κ3) is 5.20. The normalized spacial score (nSPS) is 10.7. The molecule has 0 radical (unpaired) electrons. The molecule has 0 saturated carbocycles. The zero-order valence-electron chi connectivity index (χ0n) is 16.1. The molecule has 0 bridgehead atoms. The highest BCUT2D eigenvalue weighted by Gasteiger charge is 2.08. The predicted octanol–water partition coefficient (Wildman–Crippen LogP) is 4.83. The third-order valence-electron chi connectivity index (χ3n) is 4.10. The van der Waals surface area contributed by atoms with Gasteiger partial charge in [0.2, 0.25) is 0 Å². The van der Waals surface area contributed by atoms with Crippen LogP contribution in [0, 0.1) is 5.92 Å². The van der Waals surface area contributed by atoms with Crippen molar-refractivity contribution in [2.45, 2.75) is 20.4 Å². The van der Waals surface area contributed by atoms with Crippen molar-refractivity contribution in [3.63, 3.8) is 0 Å². The molecule has 2 N–H and O–H groups in total. The standard InChI is InChI=1S/C22H26N4O/c1-16(2)14-23-20-13-21(24-15-18-11-7-8-12-19(18)27-3)26-22(25-20)17-9-5-4-6-10-17/h4-13,16H,14-15H2,1-3H3,(H2,23,24,25,26). The smallest absolute Gasteiger partial charge is 0.163 e. The lowest BCUT2D eigenvalue weighted by Crippen LogP contribution is -2.11. The van der Waals surface area contributed by atoms with Gasteiger partial charge < -0.3 is 15.4 Å². The molecule has 0 aliphatic carbocycles. The average Bonchev–Trinajstić information content (AvgIpc) is 2.71. The Kier molecular flexibility index (Phi) is 6.26. The van der Waals surface area contributed by atoms with Gasteiger partial charge in [-0.1, -0.05) is 62.4 Å². The lowest BCUT2D eigenvalue weighted by Gasteiger charge is -2.14. The van der Waals surface area contributed by atoms with E-state index in [-0.39, 0.29) is 0 Å². The maximum atomic E-state index is 5.43. The fourth-order valence-corrected chi connectivity index (χ4v) is 2.69. The maximum absolute atomic E-state index is 5.43. The molecule has 0 aliphatic rings. The second-order valence-corrected chi connectivity index (χ2v) is 6.77. The highest BCUT2D eigenvalue weighted by molar-refractivity contribution is 5.61.